The van der Waals surface area contributed by atoms with Crippen molar-refractivity contribution < 1.29 is 19.1 Å². The van der Waals surface area contributed by atoms with Gasteiger partial charge in [0.1, 0.15) is 16.4 Å². The Morgan fingerprint density at radius 3 is 2.36 bits per heavy atom. The maximum atomic E-state index is 13.8. The van der Waals surface area contributed by atoms with Crippen LogP contribution in [0.2, 0.25) is 0 Å². The first-order valence-corrected chi connectivity index (χ1v) is 13.8. The molecular weight excluding hydrogens is 530 g/mol. The van der Waals surface area contributed by atoms with Crippen LogP contribution < -0.4 is 20.3 Å². The molecule has 0 bridgehead atoms. The minimum atomic E-state index is -0.478. The second kappa shape index (κ2) is 11.2. The van der Waals surface area contributed by atoms with Gasteiger partial charge in [-0.15, -0.1) is 11.3 Å². The Labute approximate surface area is 234 Å². The van der Waals surface area contributed by atoms with Crippen LogP contribution in [-0.2, 0) is 9.59 Å². The van der Waals surface area contributed by atoms with Crippen molar-refractivity contribution in [3.63, 3.8) is 0 Å². The lowest BCUT2D eigenvalue weighted by Crippen LogP contribution is -2.32. The minimum absolute atomic E-state index is 0.172. The van der Waals surface area contributed by atoms with E-state index < -0.39 is 11.8 Å². The van der Waals surface area contributed by atoms with E-state index in [0.29, 0.717) is 32.6 Å². The summed E-state index contributed by atoms with van der Waals surface area (Å²) in [6.07, 6.45) is 0. The molecule has 5 rings (SSSR count). The van der Waals surface area contributed by atoms with E-state index in [-0.39, 0.29) is 16.5 Å². The van der Waals surface area contributed by atoms with E-state index in [1.807, 2.05) is 61.7 Å². The van der Waals surface area contributed by atoms with Crippen LogP contribution in [0, 0.1) is 13.8 Å². The Kier molecular flexibility index (Phi) is 7.53. The van der Waals surface area contributed by atoms with Crippen molar-refractivity contribution in [2.24, 2.45) is 0 Å². The average Bonchev–Trinajstić information content (AvgIpc) is 3.54. The molecule has 0 radical (unpaired) electrons. The molecule has 0 saturated heterocycles. The summed E-state index contributed by atoms with van der Waals surface area (Å²) < 4.78 is 5.48. The summed E-state index contributed by atoms with van der Waals surface area (Å²) in [5.74, 6) is -0.731. The zero-order chi connectivity index (χ0) is 27.5. The molecule has 1 aliphatic rings. The van der Waals surface area contributed by atoms with Gasteiger partial charge in [0, 0.05) is 16.3 Å². The van der Waals surface area contributed by atoms with Crippen molar-refractivity contribution in [1.82, 2.24) is 0 Å². The number of carbonyl (C=O) groups excluding carboxylic acids is 3. The highest BCUT2D eigenvalue weighted by Gasteiger charge is 2.41. The van der Waals surface area contributed by atoms with Gasteiger partial charge in [-0.25, -0.2) is 4.90 Å². The zero-order valence-corrected chi connectivity index (χ0v) is 23.1. The molecule has 3 amide bonds. The monoisotopic (exact) mass is 555 g/mol. The number of aryl methyl sites for hydroxylation is 2. The molecule has 196 valence electrons. The molecule has 2 N–H and O–H groups in total. The third kappa shape index (κ3) is 5.59. The van der Waals surface area contributed by atoms with Crippen LogP contribution in [0.5, 0.6) is 5.75 Å². The molecule has 0 fully saturated rings. The van der Waals surface area contributed by atoms with Gasteiger partial charge in [-0.1, -0.05) is 47.7 Å². The lowest BCUT2D eigenvalue weighted by Gasteiger charge is -2.19. The van der Waals surface area contributed by atoms with Crippen molar-refractivity contribution in [2.45, 2.75) is 18.7 Å². The smallest absolute Gasteiger partial charge is 0.283 e. The highest BCUT2D eigenvalue weighted by molar-refractivity contribution is 8.04. The third-order valence-corrected chi connectivity index (χ3v) is 7.94. The predicted octanol–water partition coefficient (Wildman–Crippen LogP) is 6.62. The number of rotatable bonds is 8. The number of nitrogens with zero attached hydrogens (tertiary/aromatic N) is 1. The Hall–Kier alpha value is -4.34. The van der Waals surface area contributed by atoms with Crippen LogP contribution in [0.1, 0.15) is 20.8 Å². The molecule has 0 spiro atoms. The largest absolute Gasteiger partial charge is 0.495 e. The number of carbonyl (C=O) groups is 3. The summed E-state index contributed by atoms with van der Waals surface area (Å²) in [4.78, 5) is 42.8. The standard InChI is InChI=1S/C30H25N3O4S2/c1-18-9-12-20(13-10-18)31-26-27(30(36)33(29(26)35)23-16-19(2)11-14-24(23)37-3)39-22-7-4-6-21(17-22)32-28(34)25-8-5-15-38-25/h4-17,31H,1-3H3,(H,32,34). The first kappa shape index (κ1) is 26.3. The number of thioether (sulfide) groups is 1. The van der Waals surface area contributed by atoms with Gasteiger partial charge in [0.25, 0.3) is 17.7 Å². The summed E-state index contributed by atoms with van der Waals surface area (Å²) in [6, 6.07) is 23.7. The van der Waals surface area contributed by atoms with E-state index in [1.54, 1.807) is 36.4 Å². The molecule has 1 aliphatic heterocycles. The fraction of sp³-hybridized carbons (Fsp3) is 0.100. The predicted molar refractivity (Wildman–Crippen MR) is 157 cm³/mol. The topological polar surface area (TPSA) is 87.7 Å². The molecule has 0 atom stereocenters. The molecule has 0 aliphatic carbocycles. The zero-order valence-electron chi connectivity index (χ0n) is 21.5. The van der Waals surface area contributed by atoms with Gasteiger partial charge in [0.15, 0.2) is 0 Å². The highest BCUT2D eigenvalue weighted by Crippen LogP contribution is 2.41. The van der Waals surface area contributed by atoms with E-state index in [0.717, 1.165) is 27.8 Å². The maximum Gasteiger partial charge on any atom is 0.283 e. The molecule has 4 aromatic rings. The second-order valence-electron chi connectivity index (χ2n) is 8.88. The van der Waals surface area contributed by atoms with Gasteiger partial charge in [-0.3, -0.25) is 14.4 Å². The number of hydrogen-bond acceptors (Lipinski definition) is 7. The molecule has 0 saturated carbocycles. The van der Waals surface area contributed by atoms with Crippen LogP contribution >= 0.6 is 23.1 Å². The molecule has 2 heterocycles. The SMILES string of the molecule is COc1ccc(C)cc1N1C(=O)C(Nc2ccc(C)cc2)=C(Sc2cccc(NC(=O)c3cccs3)c2)C1=O. The number of nitrogens with one attached hydrogen (secondary N) is 2. The van der Waals surface area contributed by atoms with Gasteiger partial charge in [0.05, 0.1) is 17.7 Å². The van der Waals surface area contributed by atoms with Crippen LogP contribution in [0.3, 0.4) is 0 Å². The van der Waals surface area contributed by atoms with Crippen LogP contribution in [0.4, 0.5) is 17.1 Å². The number of anilines is 3. The quantitative estimate of drug-likeness (QED) is 0.238. The Balaban J connectivity index is 1.50. The summed E-state index contributed by atoms with van der Waals surface area (Å²) >= 11 is 2.52. The summed E-state index contributed by atoms with van der Waals surface area (Å²) in [5, 5.41) is 7.90. The summed E-state index contributed by atoms with van der Waals surface area (Å²) in [6.45, 7) is 3.86. The fourth-order valence-corrected chi connectivity index (χ4v) is 5.65. The van der Waals surface area contributed by atoms with Gasteiger partial charge >= 0.3 is 0 Å². The second-order valence-corrected chi connectivity index (χ2v) is 10.9. The summed E-state index contributed by atoms with van der Waals surface area (Å²) in [5.41, 5.74) is 3.78. The average molecular weight is 556 g/mol. The number of hydrogen-bond donors (Lipinski definition) is 2. The summed E-state index contributed by atoms with van der Waals surface area (Å²) in [7, 11) is 1.50. The van der Waals surface area contributed by atoms with Crippen molar-refractivity contribution in [1.29, 1.82) is 0 Å². The number of benzene rings is 3. The normalized spacial score (nSPS) is 13.2. The lowest BCUT2D eigenvalue weighted by atomic mass is 10.2. The third-order valence-electron chi connectivity index (χ3n) is 5.99. The van der Waals surface area contributed by atoms with Crippen molar-refractivity contribution >= 4 is 57.9 Å². The van der Waals surface area contributed by atoms with E-state index >= 15 is 0 Å². The first-order valence-electron chi connectivity index (χ1n) is 12.1. The molecule has 7 nitrogen and oxygen atoms in total. The van der Waals surface area contributed by atoms with Crippen LogP contribution in [-0.4, -0.2) is 24.8 Å². The van der Waals surface area contributed by atoms with Crippen LogP contribution in [0.25, 0.3) is 0 Å². The Morgan fingerprint density at radius 1 is 0.872 bits per heavy atom. The number of thiophene rings is 1. The molecule has 3 aromatic carbocycles. The molecule has 1 aromatic heterocycles. The van der Waals surface area contributed by atoms with E-state index in [9.17, 15) is 14.4 Å². The first-order chi connectivity index (χ1) is 18.8. The highest BCUT2D eigenvalue weighted by atomic mass is 32.2. The fourth-order valence-electron chi connectivity index (χ4n) is 4.04. The maximum absolute atomic E-state index is 13.8. The lowest BCUT2D eigenvalue weighted by molar-refractivity contribution is -0.120. The van der Waals surface area contributed by atoms with Crippen molar-refractivity contribution in [2.75, 3.05) is 22.6 Å². The van der Waals surface area contributed by atoms with E-state index in [2.05, 4.69) is 10.6 Å². The number of ether oxygens (including phenoxy) is 1. The van der Waals surface area contributed by atoms with Crippen molar-refractivity contribution in [3.8, 4) is 5.75 Å². The molecule has 9 heteroatoms. The van der Waals surface area contributed by atoms with E-state index in [4.69, 9.17) is 4.74 Å². The van der Waals surface area contributed by atoms with Gasteiger partial charge in [0.2, 0.25) is 0 Å². The molecule has 39 heavy (non-hydrogen) atoms. The molecular formula is C30H25N3O4S2. The van der Waals surface area contributed by atoms with Gasteiger partial charge in [-0.05, 0) is 73.3 Å². The Bertz CT molecular complexity index is 1590. The Morgan fingerprint density at radius 2 is 1.64 bits per heavy atom. The number of methoxy groups -OCH3 is 1. The van der Waals surface area contributed by atoms with Crippen molar-refractivity contribution in [3.05, 3.63) is 111 Å². The minimum Gasteiger partial charge on any atom is -0.495 e. The molecule has 0 unspecified atom stereocenters. The van der Waals surface area contributed by atoms with Gasteiger partial charge in [-0.2, -0.15) is 0 Å². The van der Waals surface area contributed by atoms with E-state index in [1.165, 1.54) is 18.4 Å². The van der Waals surface area contributed by atoms with Gasteiger partial charge < -0.3 is 15.4 Å². The number of amides is 3. The number of imide groups is 1. The van der Waals surface area contributed by atoms with Crippen LogP contribution in [0.15, 0.2) is 99.7 Å².